The number of rotatable bonds is 6. The second kappa shape index (κ2) is 7.94. The third-order valence-electron chi connectivity index (χ3n) is 3.43. The van der Waals surface area contributed by atoms with Crippen LogP contribution in [0.15, 0.2) is 62.6 Å². The first-order valence-corrected chi connectivity index (χ1v) is 8.42. The van der Waals surface area contributed by atoms with Crippen molar-refractivity contribution in [1.29, 1.82) is 0 Å². The Morgan fingerprint density at radius 3 is 2.48 bits per heavy atom. The van der Waals surface area contributed by atoms with Gasteiger partial charge in [-0.3, -0.25) is 0 Å². The van der Waals surface area contributed by atoms with Crippen LogP contribution < -0.4 is 4.90 Å². The van der Waals surface area contributed by atoms with Gasteiger partial charge in [0.1, 0.15) is 0 Å². The molecule has 0 atom stereocenters. The van der Waals surface area contributed by atoms with Crippen LogP contribution >= 0.6 is 15.9 Å². The molecule has 0 aliphatic carbocycles. The molecule has 1 heterocycles. The van der Waals surface area contributed by atoms with E-state index in [2.05, 4.69) is 31.3 Å². The van der Waals surface area contributed by atoms with Gasteiger partial charge in [-0.05, 0) is 42.0 Å². The number of halogens is 1. The van der Waals surface area contributed by atoms with Crippen molar-refractivity contribution in [3.05, 3.63) is 64.5 Å². The number of hydrogen-bond acceptors (Lipinski definition) is 6. The first-order chi connectivity index (χ1) is 12.1. The summed E-state index contributed by atoms with van der Waals surface area (Å²) in [5, 5.41) is 11.9. The van der Waals surface area contributed by atoms with E-state index in [1.54, 1.807) is 6.21 Å². The summed E-state index contributed by atoms with van der Waals surface area (Å²) in [5.41, 5.74) is 2.93. The molecule has 0 fully saturated rings. The molecule has 3 aromatic rings. The number of anilines is 1. The Morgan fingerprint density at radius 1 is 1.08 bits per heavy atom. The number of nitrogens with zero attached hydrogens (tertiary/aromatic N) is 4. The summed E-state index contributed by atoms with van der Waals surface area (Å²) in [4.78, 5) is 7.26. The van der Waals surface area contributed by atoms with Crippen molar-refractivity contribution in [3.8, 4) is 11.5 Å². The van der Waals surface area contributed by atoms with Crippen molar-refractivity contribution in [2.24, 2.45) is 5.16 Å². The molecule has 0 bridgehead atoms. The van der Waals surface area contributed by atoms with Crippen molar-refractivity contribution < 1.29 is 9.25 Å². The molecule has 1 aromatic heterocycles. The average Bonchev–Trinajstić information content (AvgIpc) is 3.09. The summed E-state index contributed by atoms with van der Waals surface area (Å²) in [7, 11) is 4.00. The highest BCUT2D eigenvalue weighted by Crippen LogP contribution is 2.20. The largest absolute Gasteiger partial charge is 0.417 e. The van der Waals surface area contributed by atoms with Gasteiger partial charge >= 0.3 is 0 Å². The van der Waals surface area contributed by atoms with E-state index in [1.165, 1.54) is 0 Å². The van der Waals surface area contributed by atoms with E-state index >= 15 is 0 Å². The van der Waals surface area contributed by atoms with E-state index in [4.69, 9.17) is 9.25 Å². The summed E-state index contributed by atoms with van der Waals surface area (Å²) in [6.07, 6.45) is 1.64. The van der Waals surface area contributed by atoms with E-state index < -0.39 is 0 Å². The molecule has 0 saturated carbocycles. The molecule has 25 heavy (non-hydrogen) atoms. The van der Waals surface area contributed by atoms with Gasteiger partial charge in [-0.2, -0.15) is 0 Å². The van der Waals surface area contributed by atoms with Crippen LogP contribution in [0.3, 0.4) is 0 Å². The Morgan fingerprint density at radius 2 is 1.80 bits per heavy atom. The summed E-state index contributed by atoms with van der Waals surface area (Å²) >= 11 is 3.39. The van der Waals surface area contributed by atoms with Crippen molar-refractivity contribution in [2.75, 3.05) is 19.0 Å². The maximum atomic E-state index is 5.56. The van der Waals surface area contributed by atoms with Gasteiger partial charge in [0.15, 0.2) is 6.61 Å². The summed E-state index contributed by atoms with van der Waals surface area (Å²) < 4.78 is 6.55. The van der Waals surface area contributed by atoms with E-state index in [9.17, 15) is 0 Å². The minimum atomic E-state index is 0.121. The Hall–Kier alpha value is -2.67. The molecule has 0 saturated heterocycles. The first kappa shape index (κ1) is 17.2. The smallest absolute Gasteiger partial charge is 0.257 e. The van der Waals surface area contributed by atoms with Gasteiger partial charge in [-0.1, -0.05) is 33.2 Å². The quantitative estimate of drug-likeness (QED) is 0.459. The predicted octanol–water partition coefficient (Wildman–Crippen LogP) is 4.12. The minimum Gasteiger partial charge on any atom is -0.417 e. The van der Waals surface area contributed by atoms with Crippen molar-refractivity contribution >= 4 is 27.8 Å². The van der Waals surface area contributed by atoms with E-state index in [0.717, 1.165) is 21.3 Å². The first-order valence-electron chi connectivity index (χ1n) is 7.63. The maximum Gasteiger partial charge on any atom is 0.257 e. The lowest BCUT2D eigenvalue weighted by atomic mass is 10.2. The Balaban J connectivity index is 1.54. The molecule has 3 rings (SSSR count). The molecule has 0 radical (unpaired) electrons. The second-order valence-electron chi connectivity index (χ2n) is 5.50. The lowest BCUT2D eigenvalue weighted by Gasteiger charge is -2.11. The fourth-order valence-corrected chi connectivity index (χ4v) is 2.33. The van der Waals surface area contributed by atoms with Crippen LogP contribution in [0, 0.1) is 0 Å². The van der Waals surface area contributed by atoms with E-state index in [0.29, 0.717) is 11.8 Å². The van der Waals surface area contributed by atoms with Gasteiger partial charge < -0.3 is 14.2 Å². The zero-order valence-electron chi connectivity index (χ0n) is 13.9. The molecule has 128 valence electrons. The summed E-state index contributed by atoms with van der Waals surface area (Å²) in [6.45, 7) is 0.121. The third-order valence-corrected chi connectivity index (χ3v) is 3.96. The van der Waals surface area contributed by atoms with E-state index in [-0.39, 0.29) is 6.61 Å². The lowest BCUT2D eigenvalue weighted by molar-refractivity contribution is 0.112. The molecule has 0 unspecified atom stereocenters. The standard InChI is InChI=1S/C18H17BrN4O2/c1-23(2)16-9-3-13(4-10-16)11-20-24-12-17-21-22-18(25-17)14-5-7-15(19)8-6-14/h3-11H,12H2,1-2H3/b20-11+. The second-order valence-corrected chi connectivity index (χ2v) is 6.42. The average molecular weight is 401 g/mol. The zero-order valence-corrected chi connectivity index (χ0v) is 15.5. The number of oxime groups is 1. The molecular formula is C18H17BrN4O2. The normalized spacial score (nSPS) is 11.0. The summed E-state index contributed by atoms with van der Waals surface area (Å²) in [6, 6.07) is 15.6. The van der Waals surface area contributed by atoms with Crippen LogP contribution in [0.25, 0.3) is 11.5 Å². The minimum absolute atomic E-state index is 0.121. The van der Waals surface area contributed by atoms with Crippen LogP contribution in [0.1, 0.15) is 11.5 Å². The highest BCUT2D eigenvalue weighted by atomic mass is 79.9. The monoisotopic (exact) mass is 400 g/mol. The summed E-state index contributed by atoms with van der Waals surface area (Å²) in [5.74, 6) is 0.826. The van der Waals surface area contributed by atoms with Gasteiger partial charge in [0.05, 0.1) is 6.21 Å². The number of hydrogen-bond donors (Lipinski definition) is 0. The molecule has 0 N–H and O–H groups in total. The molecule has 0 amide bonds. The molecule has 0 spiro atoms. The molecular weight excluding hydrogens is 384 g/mol. The molecule has 2 aromatic carbocycles. The van der Waals surface area contributed by atoms with Gasteiger partial charge in [-0.15, -0.1) is 10.2 Å². The topological polar surface area (TPSA) is 63.8 Å². The maximum absolute atomic E-state index is 5.56. The van der Waals surface area contributed by atoms with Gasteiger partial charge in [0, 0.05) is 29.8 Å². The van der Waals surface area contributed by atoms with Gasteiger partial charge in [-0.25, -0.2) is 0 Å². The zero-order chi connectivity index (χ0) is 17.6. The van der Waals surface area contributed by atoms with Crippen LogP contribution in [-0.4, -0.2) is 30.5 Å². The molecule has 0 aliphatic rings. The van der Waals surface area contributed by atoms with Crippen LogP contribution in [0.2, 0.25) is 0 Å². The fourth-order valence-electron chi connectivity index (χ4n) is 2.07. The van der Waals surface area contributed by atoms with Crippen LogP contribution in [0.5, 0.6) is 0 Å². The van der Waals surface area contributed by atoms with Gasteiger partial charge in [0.25, 0.3) is 5.89 Å². The third kappa shape index (κ3) is 4.67. The predicted molar refractivity (Wildman–Crippen MR) is 101 cm³/mol. The lowest BCUT2D eigenvalue weighted by Crippen LogP contribution is -2.08. The van der Waals surface area contributed by atoms with E-state index in [1.807, 2.05) is 67.5 Å². The Labute approximate surface area is 154 Å². The fraction of sp³-hybridized carbons (Fsp3) is 0.167. The molecule has 6 nitrogen and oxygen atoms in total. The Bertz CT molecular complexity index is 842. The molecule has 0 aliphatic heterocycles. The van der Waals surface area contributed by atoms with Gasteiger partial charge in [0.2, 0.25) is 5.89 Å². The molecule has 7 heteroatoms. The SMILES string of the molecule is CN(C)c1ccc(/C=N/OCc2nnc(-c3ccc(Br)cc3)o2)cc1. The Kier molecular flexibility index (Phi) is 5.45. The van der Waals surface area contributed by atoms with Crippen molar-refractivity contribution in [3.63, 3.8) is 0 Å². The highest BCUT2D eigenvalue weighted by molar-refractivity contribution is 9.10. The number of aromatic nitrogens is 2. The van der Waals surface area contributed by atoms with Crippen molar-refractivity contribution in [1.82, 2.24) is 10.2 Å². The van der Waals surface area contributed by atoms with Crippen LogP contribution in [0.4, 0.5) is 5.69 Å². The van der Waals surface area contributed by atoms with Crippen LogP contribution in [-0.2, 0) is 11.4 Å². The van der Waals surface area contributed by atoms with Crippen molar-refractivity contribution in [2.45, 2.75) is 6.61 Å². The highest BCUT2D eigenvalue weighted by Gasteiger charge is 2.08. The number of benzene rings is 2.